The van der Waals surface area contributed by atoms with Gasteiger partial charge < -0.3 is 10.4 Å². The fourth-order valence-electron chi connectivity index (χ4n) is 2.45. The number of halogens is 3. The first-order chi connectivity index (χ1) is 12.2. The molecular weight excluding hydrogens is 347 g/mol. The number of alkyl halides is 3. The number of benzene rings is 2. The summed E-state index contributed by atoms with van der Waals surface area (Å²) in [4.78, 5) is 22.9. The molecule has 4 nitrogen and oxygen atoms in total. The van der Waals surface area contributed by atoms with Crippen LogP contribution in [0.2, 0.25) is 0 Å². The first kappa shape index (κ1) is 19.5. The molecule has 0 saturated heterocycles. The molecule has 7 heteroatoms. The maximum Gasteiger partial charge on any atom is 0.416 e. The van der Waals surface area contributed by atoms with E-state index in [1.54, 1.807) is 25.1 Å². The van der Waals surface area contributed by atoms with E-state index in [2.05, 4.69) is 5.32 Å². The highest BCUT2D eigenvalue weighted by atomic mass is 19.4. The zero-order valence-corrected chi connectivity index (χ0v) is 14.0. The summed E-state index contributed by atoms with van der Waals surface area (Å²) in [5.41, 5.74) is 0.585. The van der Waals surface area contributed by atoms with E-state index in [1.807, 2.05) is 0 Å². The molecule has 0 radical (unpaired) electrons. The molecule has 1 unspecified atom stereocenters. The Hall–Kier alpha value is -2.83. The van der Waals surface area contributed by atoms with Gasteiger partial charge in [0.15, 0.2) is 0 Å². The summed E-state index contributed by atoms with van der Waals surface area (Å²) in [6.45, 7) is 1.86. The van der Waals surface area contributed by atoms with Crippen molar-refractivity contribution >= 4 is 11.9 Å². The van der Waals surface area contributed by atoms with Crippen molar-refractivity contribution in [2.75, 3.05) is 0 Å². The predicted octanol–water partition coefficient (Wildman–Crippen LogP) is 3.90. The molecule has 0 aromatic heterocycles. The second-order valence-electron chi connectivity index (χ2n) is 6.02. The Kier molecular flexibility index (Phi) is 6.02. The Balaban J connectivity index is 1.92. The van der Waals surface area contributed by atoms with Crippen molar-refractivity contribution in [2.45, 2.75) is 26.1 Å². The quantitative estimate of drug-likeness (QED) is 0.816. The molecule has 0 fully saturated rings. The van der Waals surface area contributed by atoms with Gasteiger partial charge in [-0.2, -0.15) is 13.2 Å². The maximum absolute atomic E-state index is 12.7. The van der Waals surface area contributed by atoms with Crippen molar-refractivity contribution in [3.63, 3.8) is 0 Å². The fourth-order valence-corrected chi connectivity index (χ4v) is 2.45. The van der Waals surface area contributed by atoms with E-state index >= 15 is 0 Å². The second-order valence-corrected chi connectivity index (χ2v) is 6.02. The highest BCUT2D eigenvalue weighted by Crippen LogP contribution is 2.30. The number of nitrogens with one attached hydrogen (secondary N) is 1. The average molecular weight is 365 g/mol. The lowest BCUT2D eigenvalue weighted by atomic mass is 9.98. The van der Waals surface area contributed by atoms with Crippen LogP contribution >= 0.6 is 0 Å². The lowest BCUT2D eigenvalue weighted by molar-refractivity contribution is -0.137. The Bertz CT molecular complexity index is 785. The van der Waals surface area contributed by atoms with Gasteiger partial charge in [-0.05, 0) is 35.7 Å². The Morgan fingerprint density at radius 1 is 1.08 bits per heavy atom. The number of carboxylic acid groups (broad SMARTS) is 1. The molecule has 0 heterocycles. The maximum atomic E-state index is 12.7. The van der Waals surface area contributed by atoms with E-state index in [0.717, 1.165) is 17.7 Å². The topological polar surface area (TPSA) is 66.4 Å². The molecule has 1 amide bonds. The predicted molar refractivity (Wildman–Crippen MR) is 89.6 cm³/mol. The van der Waals surface area contributed by atoms with Crippen molar-refractivity contribution in [3.8, 4) is 0 Å². The molecule has 2 aromatic rings. The highest BCUT2D eigenvalue weighted by Gasteiger charge is 2.30. The second kappa shape index (κ2) is 8.03. The van der Waals surface area contributed by atoms with Crippen molar-refractivity contribution in [3.05, 3.63) is 70.8 Å². The minimum Gasteiger partial charge on any atom is -0.478 e. The van der Waals surface area contributed by atoms with Crippen LogP contribution in [-0.2, 0) is 23.9 Å². The van der Waals surface area contributed by atoms with Gasteiger partial charge in [0.2, 0.25) is 5.91 Å². The van der Waals surface area contributed by atoms with Crippen LogP contribution in [0.5, 0.6) is 0 Å². The summed E-state index contributed by atoms with van der Waals surface area (Å²) in [5.74, 6) is -1.82. The van der Waals surface area contributed by atoms with Gasteiger partial charge >= 0.3 is 12.1 Å². The van der Waals surface area contributed by atoms with Crippen molar-refractivity contribution in [1.29, 1.82) is 0 Å². The van der Waals surface area contributed by atoms with Crippen LogP contribution in [0, 0.1) is 5.92 Å². The van der Waals surface area contributed by atoms with Crippen molar-refractivity contribution < 1.29 is 27.9 Å². The van der Waals surface area contributed by atoms with Crippen molar-refractivity contribution in [1.82, 2.24) is 5.32 Å². The Labute approximate surface area is 148 Å². The molecule has 0 saturated carbocycles. The normalized spacial score (nSPS) is 12.5. The molecule has 138 valence electrons. The van der Waals surface area contributed by atoms with Gasteiger partial charge in [0.25, 0.3) is 0 Å². The van der Waals surface area contributed by atoms with Crippen LogP contribution in [0.4, 0.5) is 13.2 Å². The van der Waals surface area contributed by atoms with Gasteiger partial charge in [-0.25, -0.2) is 4.79 Å². The summed E-state index contributed by atoms with van der Waals surface area (Å²) < 4.78 is 38.2. The molecular formula is C19H18F3NO3. The molecule has 2 aromatic carbocycles. The van der Waals surface area contributed by atoms with E-state index in [4.69, 9.17) is 5.11 Å². The van der Waals surface area contributed by atoms with E-state index in [1.165, 1.54) is 18.2 Å². The Morgan fingerprint density at radius 2 is 1.73 bits per heavy atom. The molecule has 0 aliphatic carbocycles. The van der Waals surface area contributed by atoms with Gasteiger partial charge in [-0.1, -0.05) is 37.3 Å². The third-order valence-corrected chi connectivity index (χ3v) is 3.91. The minimum atomic E-state index is -4.41. The monoisotopic (exact) mass is 365 g/mol. The third kappa shape index (κ3) is 5.34. The zero-order chi connectivity index (χ0) is 19.3. The Morgan fingerprint density at radius 3 is 2.31 bits per heavy atom. The van der Waals surface area contributed by atoms with Crippen LogP contribution in [-0.4, -0.2) is 17.0 Å². The highest BCUT2D eigenvalue weighted by molar-refractivity contribution is 5.87. The first-order valence-electron chi connectivity index (χ1n) is 7.93. The number of amides is 1. The summed E-state index contributed by atoms with van der Waals surface area (Å²) in [5, 5.41) is 11.5. The van der Waals surface area contributed by atoms with Crippen LogP contribution in [0.25, 0.3) is 0 Å². The lowest BCUT2D eigenvalue weighted by Gasteiger charge is -2.14. The van der Waals surface area contributed by atoms with E-state index in [9.17, 15) is 22.8 Å². The molecule has 0 spiro atoms. The molecule has 0 aliphatic heterocycles. The number of hydrogen-bond acceptors (Lipinski definition) is 2. The number of carboxylic acids is 1. The molecule has 1 atom stereocenters. The largest absolute Gasteiger partial charge is 0.478 e. The number of carbonyl (C=O) groups excluding carboxylic acids is 1. The molecule has 26 heavy (non-hydrogen) atoms. The minimum absolute atomic E-state index is 0.151. The summed E-state index contributed by atoms with van der Waals surface area (Å²) >= 11 is 0. The van der Waals surface area contributed by atoms with Gasteiger partial charge in [0.1, 0.15) is 0 Å². The molecule has 0 bridgehead atoms. The number of hydrogen-bond donors (Lipinski definition) is 2. The van der Waals surface area contributed by atoms with Gasteiger partial charge in [-0.3, -0.25) is 4.79 Å². The number of aromatic carboxylic acids is 1. The zero-order valence-electron chi connectivity index (χ0n) is 14.0. The summed E-state index contributed by atoms with van der Waals surface area (Å²) in [6, 6.07) is 11.0. The molecule has 2 rings (SSSR count). The van der Waals surface area contributed by atoms with Crippen LogP contribution < -0.4 is 5.32 Å². The van der Waals surface area contributed by atoms with Gasteiger partial charge in [0.05, 0.1) is 11.1 Å². The molecule has 0 aliphatic rings. The summed E-state index contributed by atoms with van der Waals surface area (Å²) in [6.07, 6.45) is -4.22. The van der Waals surface area contributed by atoms with Crippen LogP contribution in [0.1, 0.15) is 34.0 Å². The van der Waals surface area contributed by atoms with E-state index in [0.29, 0.717) is 5.56 Å². The smallest absolute Gasteiger partial charge is 0.416 e. The van der Waals surface area contributed by atoms with Gasteiger partial charge in [0, 0.05) is 12.5 Å². The fraction of sp³-hybridized carbons (Fsp3) is 0.263. The summed E-state index contributed by atoms with van der Waals surface area (Å²) in [7, 11) is 0. The van der Waals surface area contributed by atoms with Crippen molar-refractivity contribution in [2.24, 2.45) is 5.92 Å². The number of rotatable bonds is 6. The third-order valence-electron chi connectivity index (χ3n) is 3.91. The van der Waals surface area contributed by atoms with E-state index < -0.39 is 23.6 Å². The van der Waals surface area contributed by atoms with Gasteiger partial charge in [-0.15, -0.1) is 0 Å². The standard InChI is InChI=1S/C19H18F3NO3/c1-12(9-14-3-2-4-16(10-14)19(20,21)22)17(24)23-11-13-5-7-15(8-6-13)18(25)26/h2-8,10,12H,9,11H2,1H3,(H,23,24)(H,25,26). The SMILES string of the molecule is CC(Cc1cccc(C(F)(F)F)c1)C(=O)NCc1ccc(C(=O)O)cc1. The molecule has 2 N–H and O–H groups in total. The number of carbonyl (C=O) groups is 2. The van der Waals surface area contributed by atoms with Crippen LogP contribution in [0.15, 0.2) is 48.5 Å². The van der Waals surface area contributed by atoms with Crippen LogP contribution in [0.3, 0.4) is 0 Å². The average Bonchev–Trinajstić information content (AvgIpc) is 2.59. The van der Waals surface area contributed by atoms with E-state index in [-0.39, 0.29) is 24.4 Å². The lowest BCUT2D eigenvalue weighted by Crippen LogP contribution is -2.29. The first-order valence-corrected chi connectivity index (χ1v) is 7.93.